The van der Waals surface area contributed by atoms with E-state index in [1.165, 1.54) is 0 Å². The molecule has 0 spiro atoms. The molecule has 1 unspecified atom stereocenters. The average molecular weight is 302 g/mol. The molecule has 4 rings (SSSR count). The lowest BCUT2D eigenvalue weighted by Gasteiger charge is -2.03. The Labute approximate surface area is 121 Å². The molecule has 1 aromatic carbocycles. The molecule has 3 heterocycles. The summed E-state index contributed by atoms with van der Waals surface area (Å²) in [5.74, 6) is 0. The van der Waals surface area contributed by atoms with E-state index in [-0.39, 0.29) is 5.28 Å². The van der Waals surface area contributed by atoms with Crippen molar-refractivity contribution in [2.45, 2.75) is 0 Å². The molecule has 20 heavy (non-hydrogen) atoms. The highest BCUT2D eigenvalue weighted by Gasteiger charge is 2.13. The van der Waals surface area contributed by atoms with Gasteiger partial charge in [-0.1, -0.05) is 12.1 Å². The number of hydrogen-bond acceptors (Lipinski definition) is 3. The number of aromatic amines is 1. The Morgan fingerprint density at radius 2 is 2.10 bits per heavy atom. The summed E-state index contributed by atoms with van der Waals surface area (Å²) in [6.45, 7) is 0. The first kappa shape index (κ1) is 11.8. The van der Waals surface area contributed by atoms with Gasteiger partial charge in [0, 0.05) is 17.3 Å². The minimum Gasteiger partial charge on any atom is -0.361 e. The van der Waals surface area contributed by atoms with Gasteiger partial charge in [0.05, 0.1) is 0 Å². The van der Waals surface area contributed by atoms with E-state index in [2.05, 4.69) is 29.3 Å². The van der Waals surface area contributed by atoms with Crippen molar-refractivity contribution in [2.24, 2.45) is 0 Å². The Balaban J connectivity index is 2.05. The number of halogens is 1. The van der Waals surface area contributed by atoms with Crippen molar-refractivity contribution < 1.29 is 0 Å². The van der Waals surface area contributed by atoms with Crippen molar-refractivity contribution in [3.05, 3.63) is 42.1 Å². The molecule has 0 fully saturated rings. The average Bonchev–Trinajstić information content (AvgIpc) is 3.04. The van der Waals surface area contributed by atoms with Crippen LogP contribution in [0.2, 0.25) is 5.28 Å². The van der Waals surface area contributed by atoms with Crippen LogP contribution in [0, 0.1) is 0 Å². The number of fused-ring (bicyclic) bond motifs is 2. The van der Waals surface area contributed by atoms with Crippen LogP contribution < -0.4 is 0 Å². The number of nitrogens with zero attached hydrogens (tertiary/aromatic N) is 4. The quantitative estimate of drug-likeness (QED) is 0.433. The van der Waals surface area contributed by atoms with Crippen LogP contribution in [0.4, 0.5) is 0 Å². The summed E-state index contributed by atoms with van der Waals surface area (Å²) in [7, 11) is 2.53. The van der Waals surface area contributed by atoms with Crippen LogP contribution in [0.5, 0.6) is 0 Å². The fourth-order valence-electron chi connectivity index (χ4n) is 2.29. The molecule has 0 saturated carbocycles. The van der Waals surface area contributed by atoms with Crippen LogP contribution in [0.25, 0.3) is 33.3 Å². The van der Waals surface area contributed by atoms with Crippen molar-refractivity contribution in [3.63, 3.8) is 0 Å². The fourth-order valence-corrected chi connectivity index (χ4v) is 2.70. The summed E-state index contributed by atoms with van der Waals surface area (Å²) in [6.07, 6.45) is 3.59. The molecule has 3 aromatic heterocycles. The highest BCUT2D eigenvalue weighted by Crippen LogP contribution is 2.29. The molecule has 98 valence electrons. The van der Waals surface area contributed by atoms with E-state index in [1.807, 2.05) is 30.5 Å². The molecule has 0 saturated heterocycles. The van der Waals surface area contributed by atoms with Gasteiger partial charge in [-0.05, 0) is 38.5 Å². The van der Waals surface area contributed by atoms with Gasteiger partial charge in [0.25, 0.3) is 0 Å². The Morgan fingerprint density at radius 3 is 3.00 bits per heavy atom. The van der Waals surface area contributed by atoms with Gasteiger partial charge < -0.3 is 4.98 Å². The number of hydrogen-bond donors (Lipinski definition) is 1. The predicted octanol–water partition coefficient (Wildman–Crippen LogP) is 3.27. The SMILES string of the molecule is Pn1cnc2c(-c3ccc4cc[nH]c4c3)nc(Cl)nc21. The summed E-state index contributed by atoms with van der Waals surface area (Å²) in [5.41, 5.74) is 4.17. The molecule has 0 aliphatic rings. The normalized spacial score (nSPS) is 11.5. The first-order chi connectivity index (χ1) is 9.72. The summed E-state index contributed by atoms with van der Waals surface area (Å²) in [4.78, 5) is 16.1. The lowest BCUT2D eigenvalue weighted by atomic mass is 10.1. The van der Waals surface area contributed by atoms with E-state index in [9.17, 15) is 0 Å². The highest BCUT2D eigenvalue weighted by molar-refractivity contribution is 7.14. The predicted molar refractivity (Wildman–Crippen MR) is 82.7 cm³/mol. The monoisotopic (exact) mass is 301 g/mol. The van der Waals surface area contributed by atoms with Crippen molar-refractivity contribution in [1.82, 2.24) is 24.3 Å². The van der Waals surface area contributed by atoms with Crippen molar-refractivity contribution in [1.29, 1.82) is 0 Å². The van der Waals surface area contributed by atoms with Crippen LogP contribution in [-0.4, -0.2) is 24.3 Å². The number of imidazole rings is 1. The van der Waals surface area contributed by atoms with E-state index in [0.29, 0.717) is 5.65 Å². The first-order valence-corrected chi connectivity index (χ1v) is 6.85. The zero-order valence-electron chi connectivity index (χ0n) is 10.2. The summed E-state index contributed by atoms with van der Waals surface area (Å²) in [5, 5.41) is 1.37. The van der Waals surface area contributed by atoms with Crippen LogP contribution in [0.3, 0.4) is 0 Å². The van der Waals surface area contributed by atoms with Gasteiger partial charge >= 0.3 is 0 Å². The third kappa shape index (κ3) is 1.71. The van der Waals surface area contributed by atoms with E-state index in [0.717, 1.165) is 27.7 Å². The number of aromatic nitrogens is 5. The molecular weight excluding hydrogens is 293 g/mol. The molecular formula is C13H9ClN5P. The second-order valence-electron chi connectivity index (χ2n) is 4.44. The molecule has 0 radical (unpaired) electrons. The summed E-state index contributed by atoms with van der Waals surface area (Å²) < 4.78 is 1.75. The van der Waals surface area contributed by atoms with Gasteiger partial charge in [-0.15, -0.1) is 0 Å². The molecule has 5 nitrogen and oxygen atoms in total. The van der Waals surface area contributed by atoms with Crippen molar-refractivity contribution >= 4 is 43.1 Å². The third-order valence-electron chi connectivity index (χ3n) is 3.22. The highest BCUT2D eigenvalue weighted by atomic mass is 35.5. The van der Waals surface area contributed by atoms with E-state index < -0.39 is 0 Å². The molecule has 0 bridgehead atoms. The molecule has 7 heteroatoms. The van der Waals surface area contributed by atoms with E-state index >= 15 is 0 Å². The number of rotatable bonds is 1. The maximum atomic E-state index is 6.02. The minimum atomic E-state index is 0.211. The Hall–Kier alpha value is -1.97. The third-order valence-corrected chi connectivity index (χ3v) is 3.77. The van der Waals surface area contributed by atoms with Crippen LogP contribution >= 0.6 is 21.0 Å². The number of nitrogens with one attached hydrogen (secondary N) is 1. The smallest absolute Gasteiger partial charge is 0.225 e. The minimum absolute atomic E-state index is 0.211. The molecule has 0 amide bonds. The van der Waals surface area contributed by atoms with Crippen molar-refractivity contribution in [3.8, 4) is 11.3 Å². The number of H-pyrrole nitrogens is 1. The van der Waals surface area contributed by atoms with Gasteiger partial charge in [-0.2, -0.15) is 4.98 Å². The largest absolute Gasteiger partial charge is 0.361 e. The van der Waals surface area contributed by atoms with Crippen LogP contribution in [0.1, 0.15) is 0 Å². The molecule has 1 N–H and O–H groups in total. The standard InChI is InChI=1S/C13H9ClN5P/c14-13-17-10(11-12(18-13)19(20)6-16-11)8-2-1-7-3-4-15-9(7)5-8/h1-6,15H,20H2. The Bertz CT molecular complexity index is 942. The van der Waals surface area contributed by atoms with E-state index in [4.69, 9.17) is 11.6 Å². The van der Waals surface area contributed by atoms with Crippen LogP contribution in [0.15, 0.2) is 36.8 Å². The zero-order chi connectivity index (χ0) is 13.7. The number of benzene rings is 1. The molecule has 4 aromatic rings. The Morgan fingerprint density at radius 1 is 1.20 bits per heavy atom. The maximum Gasteiger partial charge on any atom is 0.225 e. The van der Waals surface area contributed by atoms with Crippen molar-refractivity contribution in [2.75, 3.05) is 0 Å². The van der Waals surface area contributed by atoms with E-state index in [1.54, 1.807) is 10.7 Å². The second-order valence-corrected chi connectivity index (χ2v) is 5.34. The van der Waals surface area contributed by atoms with Gasteiger partial charge in [-0.3, -0.25) is 4.34 Å². The van der Waals surface area contributed by atoms with Gasteiger partial charge in [0.2, 0.25) is 5.28 Å². The summed E-state index contributed by atoms with van der Waals surface area (Å²) in [6, 6.07) is 8.12. The Kier molecular flexibility index (Phi) is 2.52. The van der Waals surface area contributed by atoms with Gasteiger partial charge in [0.1, 0.15) is 17.5 Å². The fraction of sp³-hybridized carbons (Fsp3) is 0. The molecule has 0 aliphatic heterocycles. The maximum absolute atomic E-state index is 6.02. The first-order valence-electron chi connectivity index (χ1n) is 5.95. The summed E-state index contributed by atoms with van der Waals surface area (Å²) >= 11 is 6.02. The van der Waals surface area contributed by atoms with Gasteiger partial charge in [0.15, 0.2) is 5.65 Å². The van der Waals surface area contributed by atoms with Crippen LogP contribution in [-0.2, 0) is 0 Å². The molecule has 1 atom stereocenters. The van der Waals surface area contributed by atoms with Gasteiger partial charge in [-0.25, -0.2) is 9.97 Å². The zero-order valence-corrected chi connectivity index (χ0v) is 12.1. The lowest BCUT2D eigenvalue weighted by Crippen LogP contribution is -1.92. The second kappa shape index (κ2) is 4.27. The lowest BCUT2D eigenvalue weighted by molar-refractivity contribution is 1.18. The molecule has 0 aliphatic carbocycles. The topological polar surface area (TPSA) is 59.4 Å².